The van der Waals surface area contributed by atoms with E-state index in [9.17, 15) is 9.00 Å². The molecule has 0 fully saturated rings. The minimum absolute atomic E-state index is 0.112. The Balaban J connectivity index is 2.70. The molecule has 1 unspecified atom stereocenters. The lowest BCUT2D eigenvalue weighted by Crippen LogP contribution is -2.14. The zero-order chi connectivity index (χ0) is 14.7. The van der Waals surface area contributed by atoms with Crippen LogP contribution in [-0.4, -0.2) is 22.6 Å². The van der Waals surface area contributed by atoms with Crippen LogP contribution < -0.4 is 10.3 Å². The van der Waals surface area contributed by atoms with Crippen LogP contribution in [0.2, 0.25) is 0 Å². The molecule has 1 heterocycles. The lowest BCUT2D eigenvalue weighted by Gasteiger charge is -2.09. The Labute approximate surface area is 118 Å². The number of hydrogen-bond donors (Lipinski definition) is 1. The second-order valence-electron chi connectivity index (χ2n) is 4.03. The van der Waals surface area contributed by atoms with Crippen LogP contribution in [0.5, 0.6) is 5.75 Å². The van der Waals surface area contributed by atoms with Crippen molar-refractivity contribution >= 4 is 10.8 Å². The van der Waals surface area contributed by atoms with Gasteiger partial charge in [-0.25, -0.2) is 0 Å². The van der Waals surface area contributed by atoms with Gasteiger partial charge in [-0.3, -0.25) is 9.00 Å². The molecular formula is C14H12N2O3S. The van der Waals surface area contributed by atoms with Crippen LogP contribution in [0.4, 0.5) is 0 Å². The fourth-order valence-corrected chi connectivity index (χ4v) is 2.81. The Morgan fingerprint density at radius 2 is 1.95 bits per heavy atom. The largest absolute Gasteiger partial charge is 0.497 e. The van der Waals surface area contributed by atoms with Gasteiger partial charge in [-0.1, -0.05) is 12.1 Å². The van der Waals surface area contributed by atoms with Crippen LogP contribution >= 0.6 is 0 Å². The van der Waals surface area contributed by atoms with E-state index in [-0.39, 0.29) is 10.5 Å². The van der Waals surface area contributed by atoms with Gasteiger partial charge in [0.05, 0.1) is 22.8 Å². The summed E-state index contributed by atoms with van der Waals surface area (Å²) in [5.74, 6) is 0.692. The minimum atomic E-state index is -1.44. The molecule has 0 aliphatic carbocycles. The van der Waals surface area contributed by atoms with E-state index < -0.39 is 16.4 Å². The quantitative estimate of drug-likeness (QED) is 0.931. The Morgan fingerprint density at radius 1 is 1.30 bits per heavy atom. The number of nitriles is 1. The Bertz CT molecular complexity index is 757. The summed E-state index contributed by atoms with van der Waals surface area (Å²) in [5, 5.41) is 9.08. The van der Waals surface area contributed by atoms with Crippen molar-refractivity contribution in [2.24, 2.45) is 0 Å². The summed E-state index contributed by atoms with van der Waals surface area (Å²) < 4.78 is 17.0. The molecule has 2 aromatic rings. The first-order valence-corrected chi connectivity index (χ1v) is 7.28. The van der Waals surface area contributed by atoms with Crippen molar-refractivity contribution in [3.63, 3.8) is 0 Å². The number of ether oxygens (including phenoxy) is 1. The maximum atomic E-state index is 11.9. The van der Waals surface area contributed by atoms with E-state index in [0.717, 1.165) is 5.56 Å². The van der Waals surface area contributed by atoms with Crippen LogP contribution in [0, 0.1) is 11.3 Å². The summed E-state index contributed by atoms with van der Waals surface area (Å²) in [7, 11) is 0.121. The first kappa shape index (κ1) is 14.0. The summed E-state index contributed by atoms with van der Waals surface area (Å²) >= 11 is 0. The van der Waals surface area contributed by atoms with Crippen molar-refractivity contribution in [3.8, 4) is 22.9 Å². The number of aromatic nitrogens is 1. The molecule has 20 heavy (non-hydrogen) atoms. The predicted molar refractivity (Wildman–Crippen MR) is 76.1 cm³/mol. The molecule has 0 aliphatic heterocycles. The molecule has 0 bridgehead atoms. The van der Waals surface area contributed by atoms with Crippen molar-refractivity contribution in [3.05, 3.63) is 46.4 Å². The van der Waals surface area contributed by atoms with E-state index in [4.69, 9.17) is 10.00 Å². The Hall–Kier alpha value is -2.39. The molecule has 0 saturated heterocycles. The van der Waals surface area contributed by atoms with Gasteiger partial charge in [0.2, 0.25) is 0 Å². The lowest BCUT2D eigenvalue weighted by molar-refractivity contribution is 0.415. The number of nitrogens with zero attached hydrogens (tertiary/aromatic N) is 1. The molecule has 2 rings (SSSR count). The summed E-state index contributed by atoms with van der Waals surface area (Å²) in [5.41, 5.74) is 0.683. The fraction of sp³-hybridized carbons (Fsp3) is 0.143. The lowest BCUT2D eigenvalue weighted by atomic mass is 10.1. The van der Waals surface area contributed by atoms with Gasteiger partial charge < -0.3 is 9.72 Å². The highest BCUT2D eigenvalue weighted by Gasteiger charge is 2.17. The van der Waals surface area contributed by atoms with Crippen molar-refractivity contribution in [1.29, 1.82) is 5.26 Å². The highest BCUT2D eigenvalue weighted by atomic mass is 32.2. The van der Waals surface area contributed by atoms with Crippen LogP contribution in [0.25, 0.3) is 11.1 Å². The molecule has 6 heteroatoms. The second-order valence-corrected chi connectivity index (χ2v) is 5.35. The van der Waals surface area contributed by atoms with E-state index in [1.165, 1.54) is 12.5 Å². The molecule has 1 atom stereocenters. The SMILES string of the molecule is COc1ccc(-c2c[nH]c(=O)c(C#N)c2S(C)=O)cc1. The van der Waals surface area contributed by atoms with E-state index in [0.29, 0.717) is 11.3 Å². The zero-order valence-electron chi connectivity index (χ0n) is 11.0. The molecule has 0 amide bonds. The van der Waals surface area contributed by atoms with Gasteiger partial charge in [0.15, 0.2) is 0 Å². The van der Waals surface area contributed by atoms with E-state index >= 15 is 0 Å². The molecular weight excluding hydrogens is 276 g/mol. The average Bonchev–Trinajstić information content (AvgIpc) is 2.46. The smallest absolute Gasteiger partial charge is 0.267 e. The highest BCUT2D eigenvalue weighted by molar-refractivity contribution is 7.84. The van der Waals surface area contributed by atoms with E-state index in [1.54, 1.807) is 31.4 Å². The first-order chi connectivity index (χ1) is 9.58. The van der Waals surface area contributed by atoms with Gasteiger partial charge in [-0.2, -0.15) is 5.26 Å². The van der Waals surface area contributed by atoms with Gasteiger partial charge in [0, 0.05) is 18.0 Å². The molecule has 0 radical (unpaired) electrons. The third-order valence-electron chi connectivity index (χ3n) is 2.85. The van der Waals surface area contributed by atoms with Crippen LogP contribution in [0.15, 0.2) is 40.2 Å². The van der Waals surface area contributed by atoms with Gasteiger partial charge in [-0.15, -0.1) is 0 Å². The predicted octanol–water partition coefficient (Wildman–Crippen LogP) is 1.66. The van der Waals surface area contributed by atoms with Crippen molar-refractivity contribution in [1.82, 2.24) is 4.98 Å². The summed E-state index contributed by atoms with van der Waals surface area (Å²) in [6.45, 7) is 0. The number of methoxy groups -OCH3 is 1. The summed E-state index contributed by atoms with van der Waals surface area (Å²) in [6, 6.07) is 8.90. The number of pyridine rings is 1. The average molecular weight is 288 g/mol. The maximum absolute atomic E-state index is 11.9. The van der Waals surface area contributed by atoms with Crippen LogP contribution in [0.1, 0.15) is 5.56 Å². The molecule has 0 spiro atoms. The minimum Gasteiger partial charge on any atom is -0.497 e. The van der Waals surface area contributed by atoms with Gasteiger partial charge >= 0.3 is 0 Å². The van der Waals surface area contributed by atoms with Gasteiger partial charge in [0.1, 0.15) is 17.4 Å². The van der Waals surface area contributed by atoms with Gasteiger partial charge in [0.25, 0.3) is 5.56 Å². The van der Waals surface area contributed by atoms with Crippen LogP contribution in [-0.2, 0) is 10.8 Å². The number of H-pyrrole nitrogens is 1. The molecule has 102 valence electrons. The fourth-order valence-electron chi connectivity index (χ4n) is 1.90. The van der Waals surface area contributed by atoms with Crippen molar-refractivity contribution in [2.75, 3.05) is 13.4 Å². The van der Waals surface area contributed by atoms with Crippen molar-refractivity contribution in [2.45, 2.75) is 4.90 Å². The molecule has 0 saturated carbocycles. The Kier molecular flexibility index (Phi) is 4.01. The molecule has 1 N–H and O–H groups in total. The number of rotatable bonds is 3. The van der Waals surface area contributed by atoms with E-state index in [2.05, 4.69) is 4.98 Å². The summed E-state index contributed by atoms with van der Waals surface area (Å²) in [4.78, 5) is 14.4. The topological polar surface area (TPSA) is 82.9 Å². The second kappa shape index (κ2) is 5.72. The van der Waals surface area contributed by atoms with Crippen molar-refractivity contribution < 1.29 is 8.95 Å². The molecule has 1 aromatic carbocycles. The van der Waals surface area contributed by atoms with Gasteiger partial charge in [-0.05, 0) is 17.7 Å². The normalized spacial score (nSPS) is 11.7. The number of nitrogens with one attached hydrogen (secondary N) is 1. The number of aromatic amines is 1. The van der Waals surface area contributed by atoms with E-state index in [1.807, 2.05) is 6.07 Å². The molecule has 0 aliphatic rings. The first-order valence-electron chi connectivity index (χ1n) is 5.72. The Morgan fingerprint density at radius 3 is 2.45 bits per heavy atom. The molecule has 5 nitrogen and oxygen atoms in total. The third-order valence-corrected chi connectivity index (χ3v) is 3.85. The monoisotopic (exact) mass is 288 g/mol. The standard InChI is InChI=1S/C14H12N2O3S/c1-19-10-5-3-9(4-6-10)12-8-16-14(17)11(7-15)13(12)20(2)18/h3-6,8H,1-2H3,(H,16,17). The third kappa shape index (κ3) is 2.49. The summed E-state index contributed by atoms with van der Waals surface area (Å²) in [6.07, 6.45) is 2.92. The maximum Gasteiger partial charge on any atom is 0.267 e. The molecule has 1 aromatic heterocycles. The van der Waals surface area contributed by atoms with Crippen LogP contribution in [0.3, 0.4) is 0 Å². The highest BCUT2D eigenvalue weighted by Crippen LogP contribution is 2.27. The number of benzene rings is 1. The number of hydrogen-bond acceptors (Lipinski definition) is 4. The zero-order valence-corrected chi connectivity index (χ0v) is 11.8.